The van der Waals surface area contributed by atoms with Crippen molar-refractivity contribution in [3.8, 4) is 0 Å². The molecule has 0 radical (unpaired) electrons. The van der Waals surface area contributed by atoms with Gasteiger partial charge in [0, 0.05) is 18.2 Å². The summed E-state index contributed by atoms with van der Waals surface area (Å²) in [5, 5.41) is 3.83. The van der Waals surface area contributed by atoms with Gasteiger partial charge in [-0.25, -0.2) is 0 Å². The second-order valence-corrected chi connectivity index (χ2v) is 4.19. The quantitative estimate of drug-likeness (QED) is 0.293. The van der Waals surface area contributed by atoms with Crippen molar-refractivity contribution in [3.63, 3.8) is 0 Å². The van der Waals surface area contributed by atoms with Gasteiger partial charge in [-0.3, -0.25) is 0 Å². The van der Waals surface area contributed by atoms with Gasteiger partial charge in [0.1, 0.15) is 5.84 Å². The van der Waals surface area contributed by atoms with Crippen LogP contribution in [0.25, 0.3) is 0 Å². The monoisotopic (exact) mass is 183 g/mol. The first kappa shape index (κ1) is 12.0. The van der Waals surface area contributed by atoms with Gasteiger partial charge < -0.3 is 10.7 Å². The van der Waals surface area contributed by atoms with E-state index in [2.05, 4.69) is 25.9 Å². The molecule has 0 unspecified atom stereocenters. The van der Waals surface area contributed by atoms with E-state index in [1.165, 1.54) is 0 Å². The average molecular weight is 183 g/mol. The summed E-state index contributed by atoms with van der Waals surface area (Å²) in [6.07, 6.45) is 2.04. The van der Waals surface area contributed by atoms with E-state index in [0.717, 1.165) is 11.5 Å². The fraction of sp³-hybridized carbons (Fsp3) is 0.700. The van der Waals surface area contributed by atoms with Crippen LogP contribution < -0.4 is 5.84 Å². The molecule has 2 N–H and O–H groups in total. The zero-order valence-corrected chi connectivity index (χ0v) is 9.55. The molecule has 0 atom stereocenters. The minimum absolute atomic E-state index is 0.0201. The summed E-state index contributed by atoms with van der Waals surface area (Å²) in [7, 11) is 1.98. The summed E-state index contributed by atoms with van der Waals surface area (Å²) < 4.78 is 0. The van der Waals surface area contributed by atoms with Gasteiger partial charge in [-0.2, -0.15) is 5.10 Å². The first-order valence-electron chi connectivity index (χ1n) is 4.49. The summed E-state index contributed by atoms with van der Waals surface area (Å²) in [6, 6.07) is 0. The minimum Gasteiger partial charge on any atom is -0.335 e. The third-order valence-electron chi connectivity index (χ3n) is 2.06. The summed E-state index contributed by atoms with van der Waals surface area (Å²) in [6.45, 7) is 10.3. The highest BCUT2D eigenvalue weighted by Gasteiger charge is 2.23. The second-order valence-electron chi connectivity index (χ2n) is 4.19. The molecule has 3 nitrogen and oxygen atoms in total. The van der Waals surface area contributed by atoms with Gasteiger partial charge >= 0.3 is 0 Å². The molecule has 0 aromatic carbocycles. The predicted octanol–water partition coefficient (Wildman–Crippen LogP) is 2.16. The van der Waals surface area contributed by atoms with Crippen LogP contribution in [0.4, 0.5) is 0 Å². The van der Waals surface area contributed by atoms with Crippen LogP contribution in [0, 0.1) is 5.41 Å². The lowest BCUT2D eigenvalue weighted by molar-refractivity contribution is 0.482. The van der Waals surface area contributed by atoms with Crippen LogP contribution in [-0.2, 0) is 0 Å². The Labute approximate surface area is 81.3 Å². The lowest BCUT2D eigenvalue weighted by Crippen LogP contribution is -2.36. The van der Waals surface area contributed by atoms with Crippen molar-refractivity contribution in [2.75, 3.05) is 7.05 Å². The van der Waals surface area contributed by atoms with Crippen molar-refractivity contribution in [2.24, 2.45) is 16.4 Å². The maximum atomic E-state index is 5.37. The number of hydrogen-bond acceptors (Lipinski definition) is 2. The van der Waals surface area contributed by atoms with E-state index in [-0.39, 0.29) is 5.41 Å². The molecule has 0 aromatic rings. The molecule has 13 heavy (non-hydrogen) atoms. The Morgan fingerprint density at radius 2 is 1.85 bits per heavy atom. The van der Waals surface area contributed by atoms with Crippen LogP contribution in [0.15, 0.2) is 16.9 Å². The summed E-state index contributed by atoms with van der Waals surface area (Å²) in [5.41, 5.74) is 1.13. The molecular weight excluding hydrogens is 162 g/mol. The third kappa shape index (κ3) is 3.09. The highest BCUT2D eigenvalue weighted by Crippen LogP contribution is 2.20. The topological polar surface area (TPSA) is 41.6 Å². The Morgan fingerprint density at radius 3 is 2.08 bits per heavy atom. The van der Waals surface area contributed by atoms with Crippen molar-refractivity contribution in [3.05, 3.63) is 11.8 Å². The Morgan fingerprint density at radius 1 is 1.38 bits per heavy atom. The van der Waals surface area contributed by atoms with Crippen molar-refractivity contribution < 1.29 is 0 Å². The minimum atomic E-state index is -0.0201. The standard InChI is InChI=1S/C10H21N3/c1-7-8(2)13(6)9(12-11)10(3,4)5/h7H,11H2,1-6H3/b8-7-,12-9-. The van der Waals surface area contributed by atoms with Gasteiger partial charge in [0.2, 0.25) is 0 Å². The maximum absolute atomic E-state index is 5.37. The summed E-state index contributed by atoms with van der Waals surface area (Å²) in [4.78, 5) is 2.01. The SMILES string of the molecule is C/C=C(/C)N(C)/C(=N\N)C(C)(C)C. The lowest BCUT2D eigenvalue weighted by atomic mass is 9.94. The van der Waals surface area contributed by atoms with E-state index in [0.29, 0.717) is 0 Å². The number of amidine groups is 1. The van der Waals surface area contributed by atoms with Crippen molar-refractivity contribution >= 4 is 5.84 Å². The number of nitrogens with zero attached hydrogens (tertiary/aromatic N) is 2. The van der Waals surface area contributed by atoms with Gasteiger partial charge in [-0.15, -0.1) is 0 Å². The molecule has 0 aliphatic rings. The first-order valence-corrected chi connectivity index (χ1v) is 4.49. The molecule has 0 aliphatic heterocycles. The Balaban J connectivity index is 4.84. The molecule has 3 heteroatoms. The van der Waals surface area contributed by atoms with Crippen molar-refractivity contribution in [1.82, 2.24) is 4.90 Å². The number of allylic oxidation sites excluding steroid dienone is 2. The normalized spacial score (nSPS) is 14.6. The van der Waals surface area contributed by atoms with Crippen molar-refractivity contribution in [1.29, 1.82) is 0 Å². The van der Waals surface area contributed by atoms with E-state index >= 15 is 0 Å². The molecule has 0 heterocycles. The van der Waals surface area contributed by atoms with Crippen molar-refractivity contribution in [2.45, 2.75) is 34.6 Å². The Kier molecular flexibility index (Phi) is 3.98. The third-order valence-corrected chi connectivity index (χ3v) is 2.06. The molecule has 0 spiro atoms. The highest BCUT2D eigenvalue weighted by atomic mass is 15.3. The van der Waals surface area contributed by atoms with E-state index in [9.17, 15) is 0 Å². The van der Waals surface area contributed by atoms with E-state index in [4.69, 9.17) is 5.84 Å². The van der Waals surface area contributed by atoms with Crippen LogP contribution >= 0.6 is 0 Å². The first-order chi connectivity index (χ1) is 5.84. The molecule has 76 valence electrons. The van der Waals surface area contributed by atoms with E-state index in [1.807, 2.05) is 31.9 Å². The van der Waals surface area contributed by atoms with Crippen LogP contribution in [0.2, 0.25) is 0 Å². The van der Waals surface area contributed by atoms with Crippen LogP contribution in [0.5, 0.6) is 0 Å². The Bertz CT molecular complexity index is 221. The smallest absolute Gasteiger partial charge is 0.133 e. The zero-order chi connectivity index (χ0) is 10.6. The molecule has 0 bridgehead atoms. The Hall–Kier alpha value is -0.990. The van der Waals surface area contributed by atoms with Crippen LogP contribution in [-0.4, -0.2) is 17.8 Å². The average Bonchev–Trinajstić information content (AvgIpc) is 2.01. The highest BCUT2D eigenvalue weighted by molar-refractivity contribution is 5.88. The zero-order valence-electron chi connectivity index (χ0n) is 9.55. The van der Waals surface area contributed by atoms with Crippen LogP contribution in [0.3, 0.4) is 0 Å². The van der Waals surface area contributed by atoms with Gasteiger partial charge in [0.05, 0.1) is 0 Å². The molecule has 0 aromatic heterocycles. The summed E-state index contributed by atoms with van der Waals surface area (Å²) >= 11 is 0. The molecule has 0 saturated heterocycles. The fourth-order valence-corrected chi connectivity index (χ4v) is 1.14. The predicted molar refractivity (Wildman–Crippen MR) is 58.3 cm³/mol. The number of hydrogen-bond donors (Lipinski definition) is 1. The van der Waals surface area contributed by atoms with Gasteiger partial charge in [0.15, 0.2) is 0 Å². The van der Waals surface area contributed by atoms with Gasteiger partial charge in [0.25, 0.3) is 0 Å². The largest absolute Gasteiger partial charge is 0.335 e. The molecular formula is C10H21N3. The van der Waals surface area contributed by atoms with Crippen LogP contribution in [0.1, 0.15) is 34.6 Å². The second kappa shape index (κ2) is 4.30. The maximum Gasteiger partial charge on any atom is 0.133 e. The number of rotatable bonds is 1. The summed E-state index contributed by atoms with van der Waals surface area (Å²) in [5.74, 6) is 6.26. The van der Waals surface area contributed by atoms with Gasteiger partial charge in [-0.05, 0) is 13.8 Å². The van der Waals surface area contributed by atoms with E-state index in [1.54, 1.807) is 0 Å². The molecule has 0 fully saturated rings. The molecule has 0 saturated carbocycles. The van der Waals surface area contributed by atoms with Gasteiger partial charge in [-0.1, -0.05) is 26.8 Å². The fourth-order valence-electron chi connectivity index (χ4n) is 1.14. The molecule has 0 amide bonds. The lowest BCUT2D eigenvalue weighted by Gasteiger charge is -2.30. The molecule has 0 rings (SSSR count). The van der Waals surface area contributed by atoms with E-state index < -0.39 is 0 Å². The number of hydrazone groups is 1. The molecule has 0 aliphatic carbocycles. The number of nitrogens with two attached hydrogens (primary N) is 1.